The van der Waals surface area contributed by atoms with Gasteiger partial charge in [0.25, 0.3) is 0 Å². The van der Waals surface area contributed by atoms with Crippen LogP contribution in [0.3, 0.4) is 0 Å². The van der Waals surface area contributed by atoms with Crippen LogP contribution in [0, 0.1) is 0 Å². The molecule has 0 radical (unpaired) electrons. The molecule has 3 heteroatoms. The topological polar surface area (TPSA) is 29.5 Å². The van der Waals surface area contributed by atoms with E-state index < -0.39 is 0 Å². The van der Waals surface area contributed by atoms with E-state index in [0.29, 0.717) is 5.92 Å². The molecule has 14 heavy (non-hydrogen) atoms. The molecule has 1 aromatic rings. The summed E-state index contributed by atoms with van der Waals surface area (Å²) in [4.78, 5) is 0. The van der Waals surface area contributed by atoms with Crippen molar-refractivity contribution < 1.29 is 9.84 Å². The maximum absolute atomic E-state index is 9.25. The quantitative estimate of drug-likeness (QED) is 0.882. The van der Waals surface area contributed by atoms with Crippen molar-refractivity contribution in [3.05, 3.63) is 28.2 Å². The Hall–Kier alpha value is -0.540. The van der Waals surface area contributed by atoms with Gasteiger partial charge in [-0.25, -0.2) is 0 Å². The third-order valence-electron chi connectivity index (χ3n) is 2.75. The number of hydrogen-bond acceptors (Lipinski definition) is 2. The first kappa shape index (κ1) is 9.99. The molecule has 0 atom stereocenters. The Bertz CT molecular complexity index is 332. The van der Waals surface area contributed by atoms with Crippen LogP contribution in [0.25, 0.3) is 0 Å². The van der Waals surface area contributed by atoms with Crippen molar-refractivity contribution in [3.8, 4) is 5.75 Å². The van der Waals surface area contributed by atoms with Crippen LogP contribution in [0.4, 0.5) is 0 Å². The van der Waals surface area contributed by atoms with Gasteiger partial charge in [-0.05, 0) is 36.5 Å². The summed E-state index contributed by atoms with van der Waals surface area (Å²) in [5.74, 6) is 1.38. The van der Waals surface area contributed by atoms with Crippen LogP contribution < -0.4 is 4.74 Å². The second-order valence-corrected chi connectivity index (χ2v) is 4.62. The maximum Gasteiger partial charge on any atom is 0.123 e. The van der Waals surface area contributed by atoms with E-state index in [2.05, 4.69) is 22.0 Å². The van der Waals surface area contributed by atoms with Gasteiger partial charge < -0.3 is 9.84 Å². The monoisotopic (exact) mass is 256 g/mol. The van der Waals surface area contributed by atoms with Gasteiger partial charge in [0.1, 0.15) is 5.75 Å². The van der Waals surface area contributed by atoms with E-state index in [1.807, 2.05) is 12.1 Å². The zero-order valence-electron chi connectivity index (χ0n) is 8.03. The summed E-state index contributed by atoms with van der Waals surface area (Å²) in [6.07, 6.45) is 1.60. The van der Waals surface area contributed by atoms with E-state index >= 15 is 0 Å². The van der Waals surface area contributed by atoms with Crippen LogP contribution in [0.1, 0.15) is 24.3 Å². The molecule has 0 aromatic heterocycles. The van der Waals surface area contributed by atoms with Crippen LogP contribution in [-0.2, 0) is 0 Å². The molecule has 0 amide bonds. The van der Waals surface area contributed by atoms with Gasteiger partial charge in [0.05, 0.1) is 13.2 Å². The lowest BCUT2D eigenvalue weighted by molar-refractivity contribution is 0.0738. The van der Waals surface area contributed by atoms with Crippen molar-refractivity contribution in [1.82, 2.24) is 0 Å². The van der Waals surface area contributed by atoms with Gasteiger partial charge in [0, 0.05) is 4.47 Å². The highest BCUT2D eigenvalue weighted by molar-refractivity contribution is 9.10. The number of rotatable bonds is 2. The summed E-state index contributed by atoms with van der Waals surface area (Å²) in [7, 11) is 1.68. The molecule has 1 fully saturated rings. The second-order valence-electron chi connectivity index (χ2n) is 3.71. The van der Waals surface area contributed by atoms with Crippen LogP contribution in [0.2, 0.25) is 0 Å². The number of hydrogen-bond donors (Lipinski definition) is 1. The Morgan fingerprint density at radius 1 is 1.43 bits per heavy atom. The van der Waals surface area contributed by atoms with Crippen molar-refractivity contribution in [1.29, 1.82) is 0 Å². The van der Waals surface area contributed by atoms with Gasteiger partial charge >= 0.3 is 0 Å². The predicted octanol–water partition coefficient (Wildman–Crippen LogP) is 2.70. The van der Waals surface area contributed by atoms with Crippen LogP contribution in [-0.4, -0.2) is 18.3 Å². The molecule has 76 valence electrons. The molecule has 2 rings (SSSR count). The summed E-state index contributed by atoms with van der Waals surface area (Å²) in [6.45, 7) is 0. The highest BCUT2D eigenvalue weighted by Crippen LogP contribution is 2.41. The summed E-state index contributed by atoms with van der Waals surface area (Å²) in [5, 5.41) is 9.25. The maximum atomic E-state index is 9.25. The van der Waals surface area contributed by atoms with Crippen molar-refractivity contribution in [3.63, 3.8) is 0 Å². The van der Waals surface area contributed by atoms with Gasteiger partial charge in [-0.2, -0.15) is 0 Å². The zero-order chi connectivity index (χ0) is 10.1. The molecule has 1 saturated carbocycles. The van der Waals surface area contributed by atoms with Gasteiger partial charge in [-0.3, -0.25) is 0 Å². The van der Waals surface area contributed by atoms with E-state index in [0.717, 1.165) is 23.1 Å². The number of methoxy groups -OCH3 is 1. The van der Waals surface area contributed by atoms with Crippen LogP contribution in [0.15, 0.2) is 22.7 Å². The Morgan fingerprint density at radius 3 is 2.71 bits per heavy atom. The molecular formula is C11H13BrO2. The Balaban J connectivity index is 2.24. The second kappa shape index (κ2) is 3.91. The van der Waals surface area contributed by atoms with E-state index in [1.54, 1.807) is 7.11 Å². The van der Waals surface area contributed by atoms with Crippen molar-refractivity contribution in [2.75, 3.05) is 7.11 Å². The molecule has 0 unspecified atom stereocenters. The molecule has 2 nitrogen and oxygen atoms in total. The van der Waals surface area contributed by atoms with Gasteiger partial charge in [0.15, 0.2) is 0 Å². The lowest BCUT2D eigenvalue weighted by Gasteiger charge is -2.32. The van der Waals surface area contributed by atoms with E-state index in [-0.39, 0.29) is 6.10 Å². The first-order valence-corrected chi connectivity index (χ1v) is 5.51. The SMILES string of the molecule is COc1cc(Br)ccc1[C@H]1C[C@@H](O)C1. The first-order valence-electron chi connectivity index (χ1n) is 4.72. The third-order valence-corrected chi connectivity index (χ3v) is 3.24. The van der Waals surface area contributed by atoms with Crippen molar-refractivity contribution in [2.45, 2.75) is 24.9 Å². The molecule has 1 aromatic carbocycles. The van der Waals surface area contributed by atoms with E-state index in [1.165, 1.54) is 5.56 Å². The highest BCUT2D eigenvalue weighted by Gasteiger charge is 2.30. The predicted molar refractivity (Wildman–Crippen MR) is 58.7 cm³/mol. The third kappa shape index (κ3) is 1.79. The smallest absolute Gasteiger partial charge is 0.123 e. The Morgan fingerprint density at radius 2 is 2.14 bits per heavy atom. The molecule has 1 aliphatic rings. The van der Waals surface area contributed by atoms with Crippen LogP contribution >= 0.6 is 15.9 Å². The number of ether oxygens (including phenoxy) is 1. The van der Waals surface area contributed by atoms with E-state index in [9.17, 15) is 5.11 Å². The number of benzene rings is 1. The Labute approximate surface area is 92.0 Å². The molecule has 1 N–H and O–H groups in total. The van der Waals surface area contributed by atoms with Crippen molar-refractivity contribution >= 4 is 15.9 Å². The fraction of sp³-hybridized carbons (Fsp3) is 0.455. The Kier molecular flexibility index (Phi) is 2.79. The van der Waals surface area contributed by atoms with Gasteiger partial charge in [-0.1, -0.05) is 22.0 Å². The lowest BCUT2D eigenvalue weighted by Crippen LogP contribution is -2.26. The van der Waals surface area contributed by atoms with Gasteiger partial charge in [0.2, 0.25) is 0 Å². The standard InChI is InChI=1S/C11H13BrO2/c1-14-11-6-8(12)2-3-10(11)7-4-9(13)5-7/h2-3,6-7,9,13H,4-5H2,1H3/t7-,9+. The molecular weight excluding hydrogens is 244 g/mol. The normalized spacial score (nSPS) is 25.6. The van der Waals surface area contributed by atoms with Crippen molar-refractivity contribution in [2.24, 2.45) is 0 Å². The number of aliphatic hydroxyl groups is 1. The fourth-order valence-electron chi connectivity index (χ4n) is 1.86. The highest BCUT2D eigenvalue weighted by atomic mass is 79.9. The fourth-order valence-corrected chi connectivity index (χ4v) is 2.20. The average Bonchev–Trinajstić information content (AvgIpc) is 2.13. The number of aliphatic hydroxyl groups excluding tert-OH is 1. The molecule has 0 saturated heterocycles. The summed E-state index contributed by atoms with van der Waals surface area (Å²) >= 11 is 3.41. The number of halogens is 1. The molecule has 0 bridgehead atoms. The minimum absolute atomic E-state index is 0.117. The zero-order valence-corrected chi connectivity index (χ0v) is 9.62. The molecule has 0 heterocycles. The van der Waals surface area contributed by atoms with Crippen LogP contribution in [0.5, 0.6) is 5.75 Å². The minimum Gasteiger partial charge on any atom is -0.496 e. The first-order chi connectivity index (χ1) is 6.70. The minimum atomic E-state index is -0.117. The van der Waals surface area contributed by atoms with Gasteiger partial charge in [-0.15, -0.1) is 0 Å². The average molecular weight is 257 g/mol. The summed E-state index contributed by atoms with van der Waals surface area (Å²) < 4.78 is 6.33. The summed E-state index contributed by atoms with van der Waals surface area (Å²) in [6, 6.07) is 6.06. The largest absolute Gasteiger partial charge is 0.496 e. The van der Waals surface area contributed by atoms with E-state index in [4.69, 9.17) is 4.74 Å². The lowest BCUT2D eigenvalue weighted by atomic mass is 9.77. The molecule has 0 aliphatic heterocycles. The molecule has 1 aliphatic carbocycles. The summed E-state index contributed by atoms with van der Waals surface area (Å²) in [5.41, 5.74) is 1.21. The molecule has 0 spiro atoms.